The highest BCUT2D eigenvalue weighted by Crippen LogP contribution is 2.31. The Bertz CT molecular complexity index is 549. The Balaban J connectivity index is 2.39. The van der Waals surface area contributed by atoms with E-state index in [9.17, 15) is 9.50 Å². The molecule has 19 heavy (non-hydrogen) atoms. The molecule has 2 rings (SSSR count). The van der Waals surface area contributed by atoms with Gasteiger partial charge in [-0.1, -0.05) is 23.8 Å². The molecule has 2 aromatic rings. The van der Waals surface area contributed by atoms with Gasteiger partial charge in [-0.15, -0.1) is 0 Å². The zero-order valence-corrected chi connectivity index (χ0v) is 11.1. The molecular weight excluding hydrogens is 243 g/mol. The van der Waals surface area contributed by atoms with Crippen LogP contribution in [0.4, 0.5) is 4.39 Å². The summed E-state index contributed by atoms with van der Waals surface area (Å²) in [7, 11) is 0. The Morgan fingerprint density at radius 3 is 2.47 bits per heavy atom. The van der Waals surface area contributed by atoms with Crippen molar-refractivity contribution in [1.82, 2.24) is 0 Å². The smallest absolute Gasteiger partial charge is 0.125 e. The first-order valence-corrected chi connectivity index (χ1v) is 6.28. The van der Waals surface area contributed by atoms with Crippen LogP contribution in [0.5, 0.6) is 5.75 Å². The maximum absolute atomic E-state index is 12.9. The van der Waals surface area contributed by atoms with Gasteiger partial charge >= 0.3 is 0 Å². The molecule has 0 heterocycles. The summed E-state index contributed by atoms with van der Waals surface area (Å²) in [5.41, 5.74) is 2.39. The number of aliphatic hydroxyl groups is 1. The van der Waals surface area contributed by atoms with Crippen molar-refractivity contribution in [3.05, 3.63) is 65.0 Å². The highest BCUT2D eigenvalue weighted by Gasteiger charge is 2.15. The molecule has 0 amide bonds. The fraction of sp³-hybridized carbons (Fsp3) is 0.250. The first-order valence-electron chi connectivity index (χ1n) is 6.28. The Kier molecular flexibility index (Phi) is 4.17. The summed E-state index contributed by atoms with van der Waals surface area (Å²) >= 11 is 0. The third-order valence-electron chi connectivity index (χ3n) is 2.95. The van der Waals surface area contributed by atoms with Crippen LogP contribution in [0, 0.1) is 12.7 Å². The number of benzene rings is 2. The number of aryl methyl sites for hydroxylation is 1. The molecule has 3 heteroatoms. The van der Waals surface area contributed by atoms with Gasteiger partial charge in [0.25, 0.3) is 0 Å². The molecule has 0 saturated heterocycles. The fourth-order valence-corrected chi connectivity index (χ4v) is 1.99. The van der Waals surface area contributed by atoms with Gasteiger partial charge in [-0.25, -0.2) is 4.39 Å². The van der Waals surface area contributed by atoms with E-state index in [-0.39, 0.29) is 5.82 Å². The third-order valence-corrected chi connectivity index (χ3v) is 2.95. The molecule has 0 aliphatic rings. The number of halogens is 1. The molecular formula is C16H17FO2. The predicted octanol–water partition coefficient (Wildman–Crippen LogP) is 3.61. The Morgan fingerprint density at radius 1 is 1.16 bits per heavy atom. The molecule has 1 atom stereocenters. The van der Waals surface area contributed by atoms with E-state index in [0.29, 0.717) is 23.5 Å². The fourth-order valence-electron chi connectivity index (χ4n) is 1.99. The molecule has 2 aromatic carbocycles. The lowest BCUT2D eigenvalue weighted by Crippen LogP contribution is -2.04. The minimum atomic E-state index is -0.818. The van der Waals surface area contributed by atoms with Gasteiger partial charge in [-0.3, -0.25) is 0 Å². The van der Waals surface area contributed by atoms with Crippen LogP contribution < -0.4 is 4.74 Å². The van der Waals surface area contributed by atoms with Crippen molar-refractivity contribution < 1.29 is 14.2 Å². The minimum absolute atomic E-state index is 0.315. The van der Waals surface area contributed by atoms with Crippen LogP contribution in [0.25, 0.3) is 0 Å². The maximum Gasteiger partial charge on any atom is 0.125 e. The summed E-state index contributed by atoms with van der Waals surface area (Å²) in [6.07, 6.45) is -0.818. The predicted molar refractivity (Wildman–Crippen MR) is 72.8 cm³/mol. The van der Waals surface area contributed by atoms with Crippen molar-refractivity contribution in [3.8, 4) is 5.75 Å². The average Bonchev–Trinajstić information content (AvgIpc) is 2.41. The molecule has 0 aliphatic carbocycles. The van der Waals surface area contributed by atoms with Crippen LogP contribution in [0.1, 0.15) is 29.7 Å². The van der Waals surface area contributed by atoms with Gasteiger partial charge in [0.2, 0.25) is 0 Å². The number of rotatable bonds is 4. The lowest BCUT2D eigenvalue weighted by molar-refractivity contribution is 0.211. The van der Waals surface area contributed by atoms with Crippen molar-refractivity contribution >= 4 is 0 Å². The van der Waals surface area contributed by atoms with E-state index in [1.165, 1.54) is 12.1 Å². The largest absolute Gasteiger partial charge is 0.493 e. The minimum Gasteiger partial charge on any atom is -0.493 e. The molecule has 0 saturated carbocycles. The topological polar surface area (TPSA) is 29.5 Å². The highest BCUT2D eigenvalue weighted by atomic mass is 19.1. The Morgan fingerprint density at radius 2 is 1.84 bits per heavy atom. The highest BCUT2D eigenvalue weighted by molar-refractivity contribution is 5.42. The summed E-state index contributed by atoms with van der Waals surface area (Å²) in [6, 6.07) is 11.5. The normalized spacial score (nSPS) is 12.2. The van der Waals surface area contributed by atoms with Gasteiger partial charge in [0.05, 0.1) is 6.61 Å². The van der Waals surface area contributed by atoms with Crippen molar-refractivity contribution in [1.29, 1.82) is 0 Å². The van der Waals surface area contributed by atoms with Gasteiger partial charge in [-0.2, -0.15) is 0 Å². The number of hydrogen-bond donors (Lipinski definition) is 1. The van der Waals surface area contributed by atoms with Gasteiger partial charge < -0.3 is 9.84 Å². The Hall–Kier alpha value is -1.87. The Labute approximate surface area is 112 Å². The maximum atomic E-state index is 12.9. The van der Waals surface area contributed by atoms with Crippen molar-refractivity contribution in [3.63, 3.8) is 0 Å². The summed E-state index contributed by atoms with van der Waals surface area (Å²) in [6.45, 7) is 4.39. The monoisotopic (exact) mass is 260 g/mol. The molecule has 1 N–H and O–H groups in total. The van der Waals surface area contributed by atoms with E-state index in [4.69, 9.17) is 4.74 Å². The first kappa shape index (κ1) is 13.6. The summed E-state index contributed by atoms with van der Waals surface area (Å²) in [5.74, 6) is 0.343. The van der Waals surface area contributed by atoms with E-state index in [0.717, 1.165) is 5.56 Å². The number of hydrogen-bond acceptors (Lipinski definition) is 2. The van der Waals surface area contributed by atoms with Gasteiger partial charge in [0.15, 0.2) is 0 Å². The molecule has 0 spiro atoms. The van der Waals surface area contributed by atoms with E-state index in [1.54, 1.807) is 12.1 Å². The van der Waals surface area contributed by atoms with Crippen LogP contribution in [-0.2, 0) is 0 Å². The molecule has 0 fully saturated rings. The molecule has 100 valence electrons. The van der Waals surface area contributed by atoms with Gasteiger partial charge in [0.1, 0.15) is 17.7 Å². The zero-order valence-electron chi connectivity index (χ0n) is 11.1. The summed E-state index contributed by atoms with van der Waals surface area (Å²) in [5, 5.41) is 10.4. The van der Waals surface area contributed by atoms with Crippen molar-refractivity contribution in [2.24, 2.45) is 0 Å². The van der Waals surface area contributed by atoms with E-state index in [2.05, 4.69) is 0 Å². The van der Waals surface area contributed by atoms with Crippen LogP contribution in [0.15, 0.2) is 42.5 Å². The lowest BCUT2D eigenvalue weighted by atomic mass is 9.99. The van der Waals surface area contributed by atoms with Crippen LogP contribution in [0.2, 0.25) is 0 Å². The number of ether oxygens (including phenoxy) is 1. The van der Waals surface area contributed by atoms with E-state index < -0.39 is 6.10 Å². The second kappa shape index (κ2) is 5.85. The third kappa shape index (κ3) is 3.12. The average molecular weight is 260 g/mol. The van der Waals surface area contributed by atoms with E-state index in [1.807, 2.05) is 32.0 Å². The number of aliphatic hydroxyl groups excluding tert-OH is 1. The first-order chi connectivity index (χ1) is 9.11. The zero-order chi connectivity index (χ0) is 13.8. The van der Waals surface area contributed by atoms with Crippen LogP contribution in [0.3, 0.4) is 0 Å². The lowest BCUT2D eigenvalue weighted by Gasteiger charge is -2.17. The second-order valence-corrected chi connectivity index (χ2v) is 4.43. The molecule has 0 aromatic heterocycles. The molecule has 2 nitrogen and oxygen atoms in total. The SMILES string of the molecule is CCOc1ccc(C)cc1C(O)c1ccc(F)cc1. The van der Waals surface area contributed by atoms with Gasteiger partial charge in [0, 0.05) is 5.56 Å². The molecule has 0 bridgehead atoms. The van der Waals surface area contributed by atoms with Crippen LogP contribution in [-0.4, -0.2) is 11.7 Å². The molecule has 0 aliphatic heterocycles. The van der Waals surface area contributed by atoms with Crippen molar-refractivity contribution in [2.75, 3.05) is 6.61 Å². The quantitative estimate of drug-likeness (QED) is 0.909. The summed E-state index contributed by atoms with van der Waals surface area (Å²) in [4.78, 5) is 0. The van der Waals surface area contributed by atoms with E-state index >= 15 is 0 Å². The van der Waals surface area contributed by atoms with Crippen molar-refractivity contribution in [2.45, 2.75) is 20.0 Å². The summed E-state index contributed by atoms with van der Waals surface area (Å²) < 4.78 is 18.4. The van der Waals surface area contributed by atoms with Gasteiger partial charge in [-0.05, 0) is 43.7 Å². The second-order valence-electron chi connectivity index (χ2n) is 4.43. The molecule has 1 unspecified atom stereocenters. The van der Waals surface area contributed by atoms with Crippen LogP contribution >= 0.6 is 0 Å². The molecule has 0 radical (unpaired) electrons. The standard InChI is InChI=1S/C16H17FO2/c1-3-19-15-9-4-11(2)10-14(15)16(18)12-5-7-13(17)8-6-12/h4-10,16,18H,3H2,1-2H3.